The summed E-state index contributed by atoms with van der Waals surface area (Å²) in [6.45, 7) is 0.340. The summed E-state index contributed by atoms with van der Waals surface area (Å²) in [6.07, 6.45) is -1.91. The van der Waals surface area contributed by atoms with Gasteiger partial charge in [-0.3, -0.25) is 23.2 Å². The first-order valence-corrected chi connectivity index (χ1v) is 16.9. The standard InChI is InChI=1S/C15H28N2O14P4/c1-32(18,19)30-9-7-29-16-10-14-2-4-15(5-3-14)28-6-8-31-35(26,27)13-17(11-33(20,21)22)12-34(23,24)25/h2-5,10H,6-9,11-13H2,1H3,(H,18,19)(H,26,27)(H2,20,21,22)(H2,23,24,25)/b16-10+. The van der Waals surface area contributed by atoms with Gasteiger partial charge in [0.1, 0.15) is 37.8 Å². The summed E-state index contributed by atoms with van der Waals surface area (Å²) in [7, 11) is -17.6. The molecule has 202 valence electrons. The molecular formula is C15H28N2O14P4. The van der Waals surface area contributed by atoms with Crippen LogP contribution in [0.4, 0.5) is 0 Å². The number of nitrogens with zero attached hydrogens (tertiary/aromatic N) is 2. The predicted octanol–water partition coefficient (Wildman–Crippen LogP) is 0.980. The maximum Gasteiger partial charge on any atom is 0.342 e. The van der Waals surface area contributed by atoms with E-state index in [1.54, 1.807) is 24.3 Å². The third-order valence-electron chi connectivity index (χ3n) is 3.45. The van der Waals surface area contributed by atoms with Crippen molar-refractivity contribution in [3.8, 4) is 5.75 Å². The van der Waals surface area contributed by atoms with Gasteiger partial charge in [0.25, 0.3) is 0 Å². The second-order valence-electron chi connectivity index (χ2n) is 7.02. The van der Waals surface area contributed by atoms with Crippen LogP contribution in [0.5, 0.6) is 5.75 Å². The van der Waals surface area contributed by atoms with E-state index in [1.165, 1.54) is 6.21 Å². The van der Waals surface area contributed by atoms with E-state index in [2.05, 4.69) is 9.68 Å². The van der Waals surface area contributed by atoms with Gasteiger partial charge in [-0.05, 0) is 29.8 Å². The highest BCUT2D eigenvalue weighted by atomic mass is 31.2. The lowest BCUT2D eigenvalue weighted by atomic mass is 10.2. The number of hydrogen-bond acceptors (Lipinski definition) is 10. The average molecular weight is 584 g/mol. The van der Waals surface area contributed by atoms with E-state index >= 15 is 0 Å². The van der Waals surface area contributed by atoms with Gasteiger partial charge < -0.3 is 48.0 Å². The summed E-state index contributed by atoms with van der Waals surface area (Å²) in [5.74, 6) is 0.374. The molecule has 0 amide bonds. The molecule has 0 saturated heterocycles. The maximum absolute atomic E-state index is 12.1. The van der Waals surface area contributed by atoms with Gasteiger partial charge in [0.2, 0.25) is 0 Å². The first kappa shape index (κ1) is 32.1. The molecule has 1 rings (SSSR count). The first-order valence-electron chi connectivity index (χ1n) is 9.55. The Bertz CT molecular complexity index is 977. The highest BCUT2D eigenvalue weighted by molar-refractivity contribution is 7.54. The molecule has 0 spiro atoms. The van der Waals surface area contributed by atoms with E-state index in [4.69, 9.17) is 38.6 Å². The van der Waals surface area contributed by atoms with Gasteiger partial charge in [-0.15, -0.1) is 0 Å². The fourth-order valence-corrected chi connectivity index (χ4v) is 5.81. The van der Waals surface area contributed by atoms with Crippen LogP contribution in [0.15, 0.2) is 29.4 Å². The van der Waals surface area contributed by atoms with Crippen LogP contribution in [-0.2, 0) is 32.1 Å². The lowest BCUT2D eigenvalue weighted by Gasteiger charge is -2.24. The molecule has 0 radical (unpaired) electrons. The minimum absolute atomic E-state index is 0.0266. The Hall–Kier alpha value is -0.950. The van der Waals surface area contributed by atoms with Crippen molar-refractivity contribution in [1.82, 2.24) is 4.90 Å². The number of oxime groups is 1. The van der Waals surface area contributed by atoms with Crippen LogP contribution in [0.2, 0.25) is 0 Å². The Morgan fingerprint density at radius 1 is 0.800 bits per heavy atom. The number of hydrogen-bond donors (Lipinski definition) is 6. The minimum atomic E-state index is -4.76. The first-order chi connectivity index (χ1) is 15.9. The molecule has 0 heterocycles. The summed E-state index contributed by atoms with van der Waals surface area (Å²) in [4.78, 5) is 60.1. The van der Waals surface area contributed by atoms with E-state index in [0.717, 1.165) is 6.66 Å². The lowest BCUT2D eigenvalue weighted by molar-refractivity contribution is 0.104. The Labute approximate surface area is 200 Å². The Morgan fingerprint density at radius 2 is 1.34 bits per heavy atom. The van der Waals surface area contributed by atoms with Gasteiger partial charge in [-0.25, -0.2) is 0 Å². The zero-order valence-corrected chi connectivity index (χ0v) is 22.0. The van der Waals surface area contributed by atoms with Crippen LogP contribution in [0.1, 0.15) is 5.56 Å². The Morgan fingerprint density at radius 3 is 1.86 bits per heavy atom. The van der Waals surface area contributed by atoms with Crippen molar-refractivity contribution < 1.29 is 66.2 Å². The van der Waals surface area contributed by atoms with Crippen LogP contribution in [0, 0.1) is 0 Å². The normalized spacial score (nSPS) is 16.2. The molecule has 35 heavy (non-hydrogen) atoms. The second kappa shape index (κ2) is 14.1. The molecule has 1 aromatic rings. The smallest absolute Gasteiger partial charge is 0.342 e. The van der Waals surface area contributed by atoms with Gasteiger partial charge >= 0.3 is 30.4 Å². The SMILES string of the molecule is CP(=O)(O)OCCO/N=C/c1ccc(OCCOP(=O)(O)CN(CP(=O)(O)O)CP(=O)(O)O)cc1. The number of benzene rings is 1. The summed E-state index contributed by atoms with van der Waals surface area (Å²) in [5, 5.41) is 3.66. The molecule has 0 bridgehead atoms. The van der Waals surface area contributed by atoms with Crippen molar-refractivity contribution in [2.24, 2.45) is 5.16 Å². The van der Waals surface area contributed by atoms with Crippen LogP contribution >= 0.6 is 30.4 Å². The summed E-state index contributed by atoms with van der Waals surface area (Å²) in [6, 6.07) is 6.35. The molecular weight excluding hydrogens is 556 g/mol. The molecule has 0 fully saturated rings. The monoisotopic (exact) mass is 584 g/mol. The zero-order valence-electron chi connectivity index (χ0n) is 18.5. The van der Waals surface area contributed by atoms with Crippen LogP contribution in [0.3, 0.4) is 0 Å². The fraction of sp³-hybridized carbons (Fsp3) is 0.533. The molecule has 6 N–H and O–H groups in total. The van der Waals surface area contributed by atoms with Crippen LogP contribution < -0.4 is 4.74 Å². The van der Waals surface area contributed by atoms with Gasteiger partial charge in [0.05, 0.1) is 19.4 Å². The summed E-state index contributed by atoms with van der Waals surface area (Å²) < 4.78 is 60.0. The molecule has 0 aliphatic carbocycles. The highest BCUT2D eigenvalue weighted by Gasteiger charge is 2.32. The van der Waals surface area contributed by atoms with Crippen molar-refractivity contribution in [1.29, 1.82) is 0 Å². The minimum Gasteiger partial charge on any atom is -0.491 e. The van der Waals surface area contributed by atoms with Gasteiger partial charge in [0, 0.05) is 6.66 Å². The quantitative estimate of drug-likeness (QED) is 0.0647. The Kier molecular flexibility index (Phi) is 12.9. The Balaban J connectivity index is 2.44. The fourth-order valence-electron chi connectivity index (χ4n) is 2.33. The van der Waals surface area contributed by atoms with Crippen molar-refractivity contribution in [3.63, 3.8) is 0 Å². The van der Waals surface area contributed by atoms with Crippen molar-refractivity contribution in [3.05, 3.63) is 29.8 Å². The zero-order chi connectivity index (χ0) is 26.8. The molecule has 2 unspecified atom stereocenters. The van der Waals surface area contributed by atoms with Gasteiger partial charge in [-0.2, -0.15) is 0 Å². The molecule has 1 aromatic carbocycles. The van der Waals surface area contributed by atoms with Crippen molar-refractivity contribution in [2.45, 2.75) is 0 Å². The van der Waals surface area contributed by atoms with E-state index < -0.39 is 55.8 Å². The average Bonchev–Trinajstić information content (AvgIpc) is 2.65. The van der Waals surface area contributed by atoms with E-state index in [1.807, 2.05) is 0 Å². The highest BCUT2D eigenvalue weighted by Crippen LogP contribution is 2.48. The van der Waals surface area contributed by atoms with E-state index in [0.29, 0.717) is 16.2 Å². The second-order valence-corrected chi connectivity index (χ2v) is 13.9. The summed E-state index contributed by atoms with van der Waals surface area (Å²) in [5.41, 5.74) is 0.632. The van der Waals surface area contributed by atoms with Crippen molar-refractivity contribution >= 4 is 36.6 Å². The van der Waals surface area contributed by atoms with E-state index in [-0.39, 0.29) is 19.8 Å². The predicted molar refractivity (Wildman–Crippen MR) is 123 cm³/mol. The molecule has 0 aliphatic heterocycles. The van der Waals surface area contributed by atoms with Gasteiger partial charge in [0.15, 0.2) is 0 Å². The van der Waals surface area contributed by atoms with Crippen LogP contribution in [0.25, 0.3) is 0 Å². The number of ether oxygens (including phenoxy) is 1. The van der Waals surface area contributed by atoms with Crippen LogP contribution in [-0.4, -0.2) is 92.4 Å². The molecule has 2 atom stereocenters. The number of rotatable bonds is 17. The lowest BCUT2D eigenvalue weighted by Crippen LogP contribution is -2.28. The van der Waals surface area contributed by atoms with Crippen molar-refractivity contribution in [2.75, 3.05) is 51.9 Å². The van der Waals surface area contributed by atoms with E-state index in [9.17, 15) is 23.2 Å². The molecule has 0 aliphatic rings. The van der Waals surface area contributed by atoms with Gasteiger partial charge in [-0.1, -0.05) is 5.16 Å². The molecule has 20 heteroatoms. The topological polar surface area (TPSA) is 242 Å². The molecule has 16 nitrogen and oxygen atoms in total. The molecule has 0 aromatic heterocycles. The summed E-state index contributed by atoms with van der Waals surface area (Å²) >= 11 is 0. The largest absolute Gasteiger partial charge is 0.491 e. The maximum atomic E-state index is 12.1. The molecule has 0 saturated carbocycles. The third kappa shape index (κ3) is 18.0. The third-order valence-corrected chi connectivity index (χ3v) is 7.00.